The van der Waals surface area contributed by atoms with E-state index in [0.717, 1.165) is 6.07 Å². The third kappa shape index (κ3) is 3.50. The number of rotatable bonds is 3. The number of hydrogen-bond acceptors (Lipinski definition) is 1. The van der Waals surface area contributed by atoms with Gasteiger partial charge in [0.05, 0.1) is 0 Å². The zero-order valence-corrected chi connectivity index (χ0v) is 8.26. The molecule has 2 nitrogen and oxygen atoms in total. The predicted octanol–water partition coefficient (Wildman–Crippen LogP) is 2.11. The Morgan fingerprint density at radius 1 is 1.47 bits per heavy atom. The summed E-state index contributed by atoms with van der Waals surface area (Å²) in [5.41, 5.74) is 0.167. The minimum Gasteiger partial charge on any atom is -0.353 e. The second kappa shape index (κ2) is 5.24. The van der Waals surface area contributed by atoms with Crippen LogP contribution in [0.15, 0.2) is 24.3 Å². The first kappa shape index (κ1) is 11.4. The molecule has 0 fully saturated rings. The van der Waals surface area contributed by atoms with Crippen molar-refractivity contribution in [3.05, 3.63) is 41.5 Å². The summed E-state index contributed by atoms with van der Waals surface area (Å²) < 4.78 is 25.8. The minimum atomic E-state index is -0.878. The van der Waals surface area contributed by atoms with E-state index in [0.29, 0.717) is 6.54 Å². The Bertz CT molecular complexity index is 388. The zero-order valence-electron chi connectivity index (χ0n) is 8.26. The van der Waals surface area contributed by atoms with Gasteiger partial charge < -0.3 is 5.32 Å². The lowest BCUT2D eigenvalue weighted by Crippen LogP contribution is -2.19. The molecule has 0 aromatic heterocycles. The number of nitrogens with one attached hydrogen (secondary N) is 1. The van der Waals surface area contributed by atoms with E-state index in [4.69, 9.17) is 0 Å². The van der Waals surface area contributed by atoms with Gasteiger partial charge >= 0.3 is 0 Å². The molecule has 0 unspecified atom stereocenters. The molecule has 0 aliphatic rings. The van der Waals surface area contributed by atoms with Crippen LogP contribution in [0.5, 0.6) is 0 Å². The maximum absolute atomic E-state index is 13.1. The molecule has 0 heterocycles. The molecule has 0 bridgehead atoms. The van der Waals surface area contributed by atoms with E-state index >= 15 is 0 Å². The van der Waals surface area contributed by atoms with E-state index in [1.807, 2.05) is 0 Å². The summed E-state index contributed by atoms with van der Waals surface area (Å²) in [6.45, 7) is 1.68. The van der Waals surface area contributed by atoms with E-state index in [-0.39, 0.29) is 11.5 Å². The highest BCUT2D eigenvalue weighted by Crippen LogP contribution is 2.12. The molecule has 80 valence electrons. The third-order valence-corrected chi connectivity index (χ3v) is 1.75. The van der Waals surface area contributed by atoms with Crippen molar-refractivity contribution in [2.75, 3.05) is 6.54 Å². The molecular weight excluding hydrogens is 200 g/mol. The fourth-order valence-electron chi connectivity index (χ4n) is 1.04. The summed E-state index contributed by atoms with van der Waals surface area (Å²) in [5.74, 6) is -1.92. The van der Waals surface area contributed by atoms with Gasteiger partial charge in [0.1, 0.15) is 0 Å². The van der Waals surface area contributed by atoms with Crippen molar-refractivity contribution in [1.29, 1.82) is 0 Å². The van der Waals surface area contributed by atoms with Gasteiger partial charge in [0, 0.05) is 19.0 Å². The summed E-state index contributed by atoms with van der Waals surface area (Å²) >= 11 is 0. The lowest BCUT2D eigenvalue weighted by Gasteiger charge is -1.98. The van der Waals surface area contributed by atoms with Crippen molar-refractivity contribution in [2.24, 2.45) is 0 Å². The molecule has 4 heteroatoms. The van der Waals surface area contributed by atoms with Gasteiger partial charge in [-0.3, -0.25) is 4.79 Å². The van der Waals surface area contributed by atoms with Gasteiger partial charge in [-0.1, -0.05) is 24.3 Å². The van der Waals surface area contributed by atoms with Crippen molar-refractivity contribution >= 4 is 12.0 Å². The first-order valence-corrected chi connectivity index (χ1v) is 4.46. The number of carbonyl (C=O) groups excluding carboxylic acids is 1. The van der Waals surface area contributed by atoms with Crippen LogP contribution in [0.25, 0.3) is 6.08 Å². The summed E-state index contributed by atoms with van der Waals surface area (Å²) in [5, 5.41) is 2.51. The van der Waals surface area contributed by atoms with Crippen molar-refractivity contribution < 1.29 is 13.6 Å². The van der Waals surface area contributed by atoms with Gasteiger partial charge in [-0.15, -0.1) is 0 Å². The van der Waals surface area contributed by atoms with Crippen LogP contribution in [0.1, 0.15) is 12.5 Å². The number of amides is 1. The molecule has 1 N–H and O–H groups in total. The van der Waals surface area contributed by atoms with Gasteiger partial charge in [0.15, 0.2) is 11.6 Å². The number of benzene rings is 1. The highest BCUT2D eigenvalue weighted by Gasteiger charge is 2.03. The molecule has 15 heavy (non-hydrogen) atoms. The van der Waals surface area contributed by atoms with Crippen LogP contribution in [0.2, 0.25) is 0 Å². The molecule has 1 aromatic rings. The van der Waals surface area contributed by atoms with Crippen LogP contribution in [0.3, 0.4) is 0 Å². The third-order valence-electron chi connectivity index (χ3n) is 1.75. The molecule has 0 spiro atoms. The van der Waals surface area contributed by atoms with E-state index in [2.05, 4.69) is 5.32 Å². The Hall–Kier alpha value is -1.71. The molecule has 0 atom stereocenters. The fourth-order valence-corrected chi connectivity index (χ4v) is 1.04. The molecule has 0 saturated carbocycles. The molecule has 0 radical (unpaired) electrons. The van der Waals surface area contributed by atoms with E-state index in [9.17, 15) is 13.6 Å². The standard InChI is InChI=1S/C11H11F2NO/c1-8(15)14-7-3-5-9-4-2-6-10(12)11(9)13/h2-6H,7H2,1H3,(H,14,15). The van der Waals surface area contributed by atoms with Gasteiger partial charge in [-0.25, -0.2) is 8.78 Å². The largest absolute Gasteiger partial charge is 0.353 e. The summed E-state index contributed by atoms with van der Waals surface area (Å²) in [6, 6.07) is 3.94. The molecule has 1 amide bonds. The highest BCUT2D eigenvalue weighted by molar-refractivity contribution is 5.73. The zero-order chi connectivity index (χ0) is 11.3. The second-order valence-corrected chi connectivity index (χ2v) is 2.98. The molecule has 0 saturated heterocycles. The van der Waals surface area contributed by atoms with E-state index < -0.39 is 11.6 Å². The normalized spacial score (nSPS) is 10.6. The first-order valence-electron chi connectivity index (χ1n) is 4.46. The minimum absolute atomic E-state index is 0.167. The van der Waals surface area contributed by atoms with Crippen LogP contribution in [0, 0.1) is 11.6 Å². The highest BCUT2D eigenvalue weighted by atomic mass is 19.2. The van der Waals surface area contributed by atoms with Crippen LogP contribution in [-0.4, -0.2) is 12.5 Å². The van der Waals surface area contributed by atoms with Crippen LogP contribution in [-0.2, 0) is 4.79 Å². The first-order chi connectivity index (χ1) is 7.11. The van der Waals surface area contributed by atoms with Crippen molar-refractivity contribution in [3.63, 3.8) is 0 Å². The lowest BCUT2D eigenvalue weighted by atomic mass is 10.2. The Kier molecular flexibility index (Phi) is 3.97. The maximum Gasteiger partial charge on any atom is 0.217 e. The average molecular weight is 211 g/mol. The monoisotopic (exact) mass is 211 g/mol. The van der Waals surface area contributed by atoms with Crippen molar-refractivity contribution in [1.82, 2.24) is 5.32 Å². The fraction of sp³-hybridized carbons (Fsp3) is 0.182. The van der Waals surface area contributed by atoms with Gasteiger partial charge in [-0.2, -0.15) is 0 Å². The molecule has 0 aliphatic heterocycles. The summed E-state index contributed by atoms with van der Waals surface area (Å²) in [4.78, 5) is 10.5. The smallest absolute Gasteiger partial charge is 0.217 e. The quantitative estimate of drug-likeness (QED) is 0.815. The van der Waals surface area contributed by atoms with Gasteiger partial charge in [0.25, 0.3) is 0 Å². The second-order valence-electron chi connectivity index (χ2n) is 2.98. The Morgan fingerprint density at radius 3 is 2.87 bits per heavy atom. The van der Waals surface area contributed by atoms with Gasteiger partial charge in [-0.05, 0) is 6.07 Å². The Balaban J connectivity index is 2.64. The van der Waals surface area contributed by atoms with E-state index in [1.54, 1.807) is 6.08 Å². The number of carbonyl (C=O) groups is 1. The molecule has 0 aliphatic carbocycles. The van der Waals surface area contributed by atoms with Crippen LogP contribution in [0.4, 0.5) is 8.78 Å². The summed E-state index contributed by atoms with van der Waals surface area (Å²) in [6.07, 6.45) is 2.98. The van der Waals surface area contributed by atoms with Crippen LogP contribution >= 0.6 is 0 Å². The van der Waals surface area contributed by atoms with E-state index in [1.165, 1.54) is 25.1 Å². The van der Waals surface area contributed by atoms with Crippen LogP contribution < -0.4 is 5.32 Å². The van der Waals surface area contributed by atoms with Gasteiger partial charge in [0.2, 0.25) is 5.91 Å². The lowest BCUT2D eigenvalue weighted by molar-refractivity contribution is -0.118. The molecular formula is C11H11F2NO. The summed E-state index contributed by atoms with van der Waals surface area (Å²) in [7, 11) is 0. The number of halogens is 2. The number of hydrogen-bond donors (Lipinski definition) is 1. The van der Waals surface area contributed by atoms with Crippen molar-refractivity contribution in [3.8, 4) is 0 Å². The topological polar surface area (TPSA) is 29.1 Å². The SMILES string of the molecule is CC(=O)NCC=Cc1cccc(F)c1F. The maximum atomic E-state index is 13.1. The average Bonchev–Trinajstić information content (AvgIpc) is 2.18. The molecule has 1 aromatic carbocycles. The predicted molar refractivity (Wildman–Crippen MR) is 54.1 cm³/mol. The Labute approximate surface area is 86.6 Å². The molecule has 1 rings (SSSR count). The van der Waals surface area contributed by atoms with Crippen molar-refractivity contribution in [2.45, 2.75) is 6.92 Å². The Morgan fingerprint density at radius 2 is 2.20 bits per heavy atom.